The van der Waals surface area contributed by atoms with Gasteiger partial charge in [0.1, 0.15) is 5.82 Å². The average Bonchev–Trinajstić information content (AvgIpc) is 2.68. The molecular weight excluding hydrogens is 364 g/mol. The fraction of sp³-hybridized carbons (Fsp3) is 0.667. The molecule has 0 bridgehead atoms. The highest BCUT2D eigenvalue weighted by Crippen LogP contribution is 2.43. The summed E-state index contributed by atoms with van der Waals surface area (Å²) in [6.45, 7) is 2.25. The van der Waals surface area contributed by atoms with Gasteiger partial charge in [0.05, 0.1) is 5.56 Å². The molecule has 28 heavy (non-hydrogen) atoms. The van der Waals surface area contributed by atoms with Crippen LogP contribution in [0.3, 0.4) is 0 Å². The molecule has 1 aromatic rings. The number of hydrogen-bond acceptors (Lipinski definition) is 0. The van der Waals surface area contributed by atoms with Crippen LogP contribution in [0.5, 0.6) is 0 Å². The van der Waals surface area contributed by atoms with Gasteiger partial charge in [0.25, 0.3) is 0 Å². The van der Waals surface area contributed by atoms with E-state index in [0.29, 0.717) is 11.5 Å². The minimum Gasteiger partial charge on any atom is -0.206 e. The molecule has 0 radical (unpaired) electrons. The average molecular weight is 397 g/mol. The Morgan fingerprint density at radius 3 is 2.32 bits per heavy atom. The van der Waals surface area contributed by atoms with E-state index in [0.717, 1.165) is 48.8 Å². The molecule has 1 fully saturated rings. The summed E-state index contributed by atoms with van der Waals surface area (Å²) in [7, 11) is 0. The van der Waals surface area contributed by atoms with Crippen LogP contribution < -0.4 is 0 Å². The van der Waals surface area contributed by atoms with Crippen LogP contribution in [0.1, 0.15) is 88.7 Å². The first-order chi connectivity index (χ1) is 13.4. The summed E-state index contributed by atoms with van der Waals surface area (Å²) < 4.78 is 52.4. The highest BCUT2D eigenvalue weighted by molar-refractivity contribution is 5.67. The summed E-state index contributed by atoms with van der Waals surface area (Å²) >= 11 is 0. The van der Waals surface area contributed by atoms with Crippen LogP contribution in [-0.2, 0) is 6.18 Å². The van der Waals surface area contributed by atoms with Crippen LogP contribution in [0, 0.1) is 23.6 Å². The Morgan fingerprint density at radius 1 is 0.964 bits per heavy atom. The van der Waals surface area contributed by atoms with Crippen LogP contribution in [-0.4, -0.2) is 0 Å². The van der Waals surface area contributed by atoms with Gasteiger partial charge >= 0.3 is 6.18 Å². The van der Waals surface area contributed by atoms with Crippen molar-refractivity contribution in [2.24, 2.45) is 17.8 Å². The predicted molar refractivity (Wildman–Crippen MR) is 106 cm³/mol. The maximum atomic E-state index is 13.5. The lowest BCUT2D eigenvalue weighted by atomic mass is 9.70. The molecule has 3 rings (SSSR count). The Hall–Kier alpha value is -1.32. The summed E-state index contributed by atoms with van der Waals surface area (Å²) in [6, 6.07) is 3.41. The van der Waals surface area contributed by atoms with Gasteiger partial charge < -0.3 is 0 Å². The highest BCUT2D eigenvalue weighted by Gasteiger charge is 2.35. The second-order valence-corrected chi connectivity index (χ2v) is 8.73. The van der Waals surface area contributed by atoms with Gasteiger partial charge in [-0.1, -0.05) is 57.6 Å². The number of halogens is 4. The van der Waals surface area contributed by atoms with Gasteiger partial charge in [0.15, 0.2) is 0 Å². The molecule has 1 aromatic carbocycles. The fourth-order valence-corrected chi connectivity index (χ4v) is 5.12. The maximum absolute atomic E-state index is 13.5. The Bertz CT molecular complexity index is 666. The van der Waals surface area contributed by atoms with Crippen molar-refractivity contribution in [3.8, 4) is 0 Å². The predicted octanol–water partition coefficient (Wildman–Crippen LogP) is 8.41. The minimum absolute atomic E-state index is 0.520. The number of hydrogen-bond donors (Lipinski definition) is 0. The molecule has 0 nitrogen and oxygen atoms in total. The Balaban J connectivity index is 1.55. The van der Waals surface area contributed by atoms with Gasteiger partial charge in [-0.25, -0.2) is 4.39 Å². The van der Waals surface area contributed by atoms with Crippen molar-refractivity contribution < 1.29 is 17.6 Å². The number of allylic oxidation sites excluding steroid dienone is 2. The van der Waals surface area contributed by atoms with Crippen molar-refractivity contribution in [2.75, 3.05) is 0 Å². The van der Waals surface area contributed by atoms with Gasteiger partial charge in [-0.3, -0.25) is 0 Å². The molecule has 0 N–H and O–H groups in total. The quantitative estimate of drug-likeness (QED) is 0.334. The lowest BCUT2D eigenvalue weighted by Gasteiger charge is -2.35. The minimum atomic E-state index is -4.65. The summed E-state index contributed by atoms with van der Waals surface area (Å²) in [5.41, 5.74) is 0.302. The van der Waals surface area contributed by atoms with Crippen molar-refractivity contribution in [3.63, 3.8) is 0 Å². The van der Waals surface area contributed by atoms with Crippen molar-refractivity contribution in [3.05, 3.63) is 41.2 Å². The third-order valence-corrected chi connectivity index (χ3v) is 6.87. The molecule has 1 atom stereocenters. The zero-order chi connectivity index (χ0) is 20.1. The summed E-state index contributed by atoms with van der Waals surface area (Å²) in [6.07, 6.45) is 10.9. The fourth-order valence-electron chi connectivity index (χ4n) is 5.12. The zero-order valence-electron chi connectivity index (χ0n) is 16.8. The Morgan fingerprint density at radius 2 is 1.71 bits per heavy atom. The number of rotatable bonds is 6. The van der Waals surface area contributed by atoms with Crippen LogP contribution in [0.2, 0.25) is 0 Å². The van der Waals surface area contributed by atoms with Crippen molar-refractivity contribution in [2.45, 2.75) is 83.7 Å². The normalized spacial score (nSPS) is 26.2. The molecule has 2 aliphatic rings. The van der Waals surface area contributed by atoms with E-state index in [1.807, 2.05) is 0 Å². The monoisotopic (exact) mass is 396 g/mol. The van der Waals surface area contributed by atoms with E-state index in [4.69, 9.17) is 0 Å². The van der Waals surface area contributed by atoms with Crippen LogP contribution in [0.4, 0.5) is 17.6 Å². The topological polar surface area (TPSA) is 0 Å². The molecule has 2 aliphatic carbocycles. The number of alkyl halides is 3. The molecule has 1 saturated carbocycles. The summed E-state index contributed by atoms with van der Waals surface area (Å²) in [4.78, 5) is 0. The molecule has 1 unspecified atom stereocenters. The van der Waals surface area contributed by atoms with Crippen LogP contribution in [0.25, 0.3) is 5.57 Å². The third-order valence-electron chi connectivity index (χ3n) is 6.87. The third kappa shape index (κ3) is 5.39. The zero-order valence-corrected chi connectivity index (χ0v) is 16.8. The Labute approximate surface area is 166 Å². The first-order valence-electron chi connectivity index (χ1n) is 10.9. The second-order valence-electron chi connectivity index (χ2n) is 8.73. The Kier molecular flexibility index (Phi) is 7.22. The SMILES string of the molecule is CCCCCC1CCC(C2CC=C(c3ccc(F)c(C(F)(F)F)c3)CC2)CC1. The van der Waals surface area contributed by atoms with Gasteiger partial charge in [0, 0.05) is 0 Å². The summed E-state index contributed by atoms with van der Waals surface area (Å²) in [5.74, 6) is 1.13. The first kappa shape index (κ1) is 21.4. The standard InChI is InChI=1S/C24H32F4/c1-2-3-4-5-17-6-8-18(9-7-17)19-10-12-20(13-11-19)21-14-15-23(25)22(16-21)24(26,27)28/h12,14-19H,2-11,13H2,1H3. The van der Waals surface area contributed by atoms with E-state index in [1.165, 1.54) is 57.4 Å². The first-order valence-corrected chi connectivity index (χ1v) is 10.9. The number of unbranched alkanes of at least 4 members (excludes halogenated alkanes) is 2. The molecular formula is C24H32F4. The molecule has 4 heteroatoms. The number of benzene rings is 1. The van der Waals surface area contributed by atoms with E-state index in [2.05, 4.69) is 13.0 Å². The van der Waals surface area contributed by atoms with E-state index in [1.54, 1.807) is 0 Å². The van der Waals surface area contributed by atoms with Gasteiger partial charge in [-0.2, -0.15) is 13.2 Å². The molecule has 156 valence electrons. The van der Waals surface area contributed by atoms with Crippen molar-refractivity contribution >= 4 is 5.57 Å². The maximum Gasteiger partial charge on any atom is 0.419 e. The largest absolute Gasteiger partial charge is 0.419 e. The van der Waals surface area contributed by atoms with Crippen molar-refractivity contribution in [1.29, 1.82) is 0 Å². The molecule has 0 saturated heterocycles. The molecule has 0 heterocycles. The lowest BCUT2D eigenvalue weighted by Crippen LogP contribution is -2.23. The van der Waals surface area contributed by atoms with Crippen molar-refractivity contribution in [1.82, 2.24) is 0 Å². The molecule has 0 spiro atoms. The summed E-state index contributed by atoms with van der Waals surface area (Å²) in [5, 5.41) is 0. The van der Waals surface area contributed by atoms with E-state index in [-0.39, 0.29) is 0 Å². The second kappa shape index (κ2) is 9.45. The highest BCUT2D eigenvalue weighted by atomic mass is 19.4. The van der Waals surface area contributed by atoms with Gasteiger partial charge in [-0.15, -0.1) is 0 Å². The van der Waals surface area contributed by atoms with Gasteiger partial charge in [-0.05, 0) is 73.1 Å². The smallest absolute Gasteiger partial charge is 0.206 e. The van der Waals surface area contributed by atoms with E-state index >= 15 is 0 Å². The lowest BCUT2D eigenvalue weighted by molar-refractivity contribution is -0.140. The molecule has 0 amide bonds. The van der Waals surface area contributed by atoms with Gasteiger partial charge in [0.2, 0.25) is 0 Å². The van der Waals surface area contributed by atoms with Crippen LogP contribution in [0.15, 0.2) is 24.3 Å². The van der Waals surface area contributed by atoms with E-state index in [9.17, 15) is 17.6 Å². The van der Waals surface area contributed by atoms with Crippen LogP contribution >= 0.6 is 0 Å². The molecule has 0 aromatic heterocycles. The molecule has 0 aliphatic heterocycles. The van der Waals surface area contributed by atoms with E-state index < -0.39 is 17.6 Å².